The molecule has 0 radical (unpaired) electrons. The van der Waals surface area contributed by atoms with Gasteiger partial charge in [0.15, 0.2) is 0 Å². The largest absolute Gasteiger partial charge is 0.105 e. The van der Waals surface area contributed by atoms with Crippen LogP contribution in [0, 0.1) is 21.5 Å². The Morgan fingerprint density at radius 1 is 1.06 bits per heavy atom. The SMILES string of the molecule is CCc1cssc1=S.Cc1ssc(=S)c1C. The summed E-state index contributed by atoms with van der Waals surface area (Å²) >= 11 is 10.0. The second-order valence-corrected chi connectivity index (χ2v) is 8.87. The smallest absolute Gasteiger partial charge is 0.0869 e. The second kappa shape index (κ2) is 7.08. The van der Waals surface area contributed by atoms with E-state index in [-0.39, 0.29) is 0 Å². The van der Waals surface area contributed by atoms with E-state index >= 15 is 0 Å². The van der Waals surface area contributed by atoms with Crippen molar-refractivity contribution >= 4 is 65.8 Å². The molecule has 0 N–H and O–H groups in total. The molecule has 0 atom stereocenters. The molecule has 0 aromatic carbocycles. The normalized spacial score (nSPS) is 9.69. The van der Waals surface area contributed by atoms with Gasteiger partial charge in [0.05, 0.1) is 0 Å². The predicted octanol–water partition coefficient (Wildman–Crippen LogP) is 6.26. The summed E-state index contributed by atoms with van der Waals surface area (Å²) in [6, 6.07) is 0. The van der Waals surface area contributed by atoms with Crippen LogP contribution in [0.4, 0.5) is 0 Å². The van der Waals surface area contributed by atoms with Crippen LogP contribution < -0.4 is 0 Å². The minimum atomic E-state index is 1.05. The van der Waals surface area contributed by atoms with Crippen molar-refractivity contribution < 1.29 is 0 Å². The first-order valence-corrected chi connectivity index (χ1v) is 9.87. The zero-order valence-corrected chi connectivity index (χ0v) is 14.1. The van der Waals surface area contributed by atoms with Gasteiger partial charge in [-0.25, -0.2) is 0 Å². The molecule has 0 fully saturated rings. The Hall–Kier alpha value is 0.540. The van der Waals surface area contributed by atoms with Crippen molar-refractivity contribution in [2.24, 2.45) is 0 Å². The number of hydrogen-bond donors (Lipinski definition) is 0. The predicted molar refractivity (Wildman–Crippen MR) is 84.9 cm³/mol. The van der Waals surface area contributed by atoms with Crippen LogP contribution in [0.25, 0.3) is 0 Å². The fourth-order valence-electron chi connectivity index (χ4n) is 0.824. The number of aryl methyl sites for hydroxylation is 2. The monoisotopic (exact) mass is 324 g/mol. The molecule has 0 saturated carbocycles. The maximum Gasteiger partial charge on any atom is 0.105 e. The molecule has 0 nitrogen and oxygen atoms in total. The van der Waals surface area contributed by atoms with E-state index in [1.54, 1.807) is 41.4 Å². The van der Waals surface area contributed by atoms with Crippen LogP contribution in [0.15, 0.2) is 5.38 Å². The van der Waals surface area contributed by atoms with Crippen LogP contribution in [0.2, 0.25) is 0 Å². The van der Waals surface area contributed by atoms with Crippen LogP contribution in [0.3, 0.4) is 0 Å². The highest BCUT2D eigenvalue weighted by Crippen LogP contribution is 2.21. The van der Waals surface area contributed by atoms with Crippen molar-refractivity contribution in [1.82, 2.24) is 0 Å². The molecule has 2 aromatic rings. The van der Waals surface area contributed by atoms with Crippen molar-refractivity contribution in [3.8, 4) is 0 Å². The molecule has 88 valence electrons. The molecule has 6 heteroatoms. The summed E-state index contributed by atoms with van der Waals surface area (Å²) in [5, 5.41) is 2.13. The molecule has 16 heavy (non-hydrogen) atoms. The highest BCUT2D eigenvalue weighted by atomic mass is 32.9. The van der Waals surface area contributed by atoms with Gasteiger partial charge in [-0.05, 0) is 31.4 Å². The van der Waals surface area contributed by atoms with Crippen molar-refractivity contribution in [3.05, 3.63) is 29.0 Å². The van der Waals surface area contributed by atoms with Crippen molar-refractivity contribution in [1.29, 1.82) is 0 Å². The topological polar surface area (TPSA) is 0 Å². The van der Waals surface area contributed by atoms with Gasteiger partial charge in [0.25, 0.3) is 0 Å². The minimum absolute atomic E-state index is 1.05. The lowest BCUT2D eigenvalue weighted by Crippen LogP contribution is -1.69. The van der Waals surface area contributed by atoms with Crippen molar-refractivity contribution in [2.75, 3.05) is 0 Å². The lowest BCUT2D eigenvalue weighted by atomic mass is 10.3. The highest BCUT2D eigenvalue weighted by Gasteiger charge is 1.94. The zero-order chi connectivity index (χ0) is 12.1. The molecule has 0 unspecified atom stereocenters. The number of rotatable bonds is 1. The molecule has 2 aromatic heterocycles. The zero-order valence-electron chi connectivity index (χ0n) is 9.23. The average Bonchev–Trinajstić information content (AvgIpc) is 2.81. The quantitative estimate of drug-likeness (QED) is 0.448. The summed E-state index contributed by atoms with van der Waals surface area (Å²) in [7, 11) is 6.87. The van der Waals surface area contributed by atoms with E-state index in [2.05, 4.69) is 26.2 Å². The van der Waals surface area contributed by atoms with Crippen LogP contribution in [-0.4, -0.2) is 0 Å². The van der Waals surface area contributed by atoms with Crippen molar-refractivity contribution in [3.63, 3.8) is 0 Å². The summed E-state index contributed by atoms with van der Waals surface area (Å²) in [4.78, 5) is 1.36. The Kier molecular flexibility index (Phi) is 6.46. The lowest BCUT2D eigenvalue weighted by molar-refractivity contribution is 1.15. The minimum Gasteiger partial charge on any atom is -0.0869 e. The Labute approximate surface area is 121 Å². The lowest BCUT2D eigenvalue weighted by Gasteiger charge is -1.79. The average molecular weight is 325 g/mol. The van der Waals surface area contributed by atoms with Gasteiger partial charge >= 0.3 is 0 Å². The first-order chi connectivity index (χ1) is 7.56. The maximum absolute atomic E-state index is 5.01. The van der Waals surface area contributed by atoms with Crippen molar-refractivity contribution in [2.45, 2.75) is 27.2 Å². The summed E-state index contributed by atoms with van der Waals surface area (Å²) in [6.45, 7) is 6.31. The van der Waals surface area contributed by atoms with E-state index in [4.69, 9.17) is 24.4 Å². The molecule has 2 rings (SSSR count). The van der Waals surface area contributed by atoms with Gasteiger partial charge in [0.1, 0.15) is 7.65 Å². The Bertz CT molecular complexity index is 538. The molecule has 0 spiro atoms. The summed E-state index contributed by atoms with van der Waals surface area (Å²) < 4.78 is 2.12. The molecular formula is C10H12S6. The Morgan fingerprint density at radius 2 is 1.75 bits per heavy atom. The summed E-state index contributed by atoms with van der Waals surface area (Å²) in [5.74, 6) is 0. The highest BCUT2D eigenvalue weighted by molar-refractivity contribution is 7.80. The molecule has 0 aliphatic rings. The third-order valence-electron chi connectivity index (χ3n) is 2.03. The van der Waals surface area contributed by atoms with Crippen LogP contribution in [0.1, 0.15) is 22.9 Å². The molecule has 0 aliphatic carbocycles. The van der Waals surface area contributed by atoms with E-state index in [1.165, 1.54) is 16.0 Å². The fraction of sp³-hybridized carbons (Fsp3) is 0.400. The molecule has 2 heterocycles. The van der Waals surface area contributed by atoms with Gasteiger partial charge in [-0.2, -0.15) is 0 Å². The van der Waals surface area contributed by atoms with Gasteiger partial charge < -0.3 is 0 Å². The van der Waals surface area contributed by atoms with E-state index < -0.39 is 0 Å². The summed E-state index contributed by atoms with van der Waals surface area (Å²) in [6.07, 6.45) is 1.08. The van der Waals surface area contributed by atoms with Gasteiger partial charge in [-0.3, -0.25) is 0 Å². The van der Waals surface area contributed by atoms with Crippen LogP contribution in [-0.2, 0) is 6.42 Å². The molecular weight excluding hydrogens is 313 g/mol. The standard InChI is InChI=1S/2C5H6S3/c1-3-4(2)7-8-5(3)6;1-2-4-3-7-8-5(4)6/h1-2H3;3H,2H2,1H3. The third kappa shape index (κ3) is 4.09. The Balaban J connectivity index is 0.000000160. The molecule has 0 amide bonds. The summed E-state index contributed by atoms with van der Waals surface area (Å²) in [5.41, 5.74) is 2.62. The van der Waals surface area contributed by atoms with E-state index in [0.717, 1.165) is 14.1 Å². The molecule has 0 bridgehead atoms. The first-order valence-electron chi connectivity index (χ1n) is 4.69. The van der Waals surface area contributed by atoms with E-state index in [1.807, 2.05) is 0 Å². The van der Waals surface area contributed by atoms with Crippen LogP contribution >= 0.6 is 65.8 Å². The van der Waals surface area contributed by atoms with Gasteiger partial charge in [0.2, 0.25) is 0 Å². The Morgan fingerprint density at radius 3 is 1.94 bits per heavy atom. The van der Waals surface area contributed by atoms with E-state index in [0.29, 0.717) is 0 Å². The first kappa shape index (κ1) is 14.6. The number of hydrogen-bond acceptors (Lipinski definition) is 6. The van der Waals surface area contributed by atoms with Gasteiger partial charge in [-0.15, -0.1) is 0 Å². The van der Waals surface area contributed by atoms with E-state index in [9.17, 15) is 0 Å². The third-order valence-corrected chi connectivity index (χ3v) is 8.30. The maximum atomic E-state index is 5.01. The molecule has 0 aliphatic heterocycles. The van der Waals surface area contributed by atoms with Gasteiger partial charge in [-0.1, -0.05) is 72.7 Å². The van der Waals surface area contributed by atoms with Crippen LogP contribution in [0.5, 0.6) is 0 Å². The second-order valence-electron chi connectivity index (χ2n) is 3.10. The van der Waals surface area contributed by atoms with Gasteiger partial charge in [0, 0.05) is 10.3 Å². The molecule has 0 saturated heterocycles. The fourth-order valence-corrected chi connectivity index (χ4v) is 6.10.